The summed E-state index contributed by atoms with van der Waals surface area (Å²) in [4.78, 5) is 26.8. The number of hydrogen-bond acceptors (Lipinski definition) is 4. The standard InChI is InChI=1S/C17H20ClN3O4/c1-21-14(22)7-6-13-15(21)16(12(18)8-19-13)25-9-10-2-4-11(5-3-10)20-17(23)24/h6-8,10-11,20H,2-5,9H2,1H3,(H,23,24)/t10-,11-. The Kier molecular flexibility index (Phi) is 5.13. The van der Waals surface area contributed by atoms with Gasteiger partial charge in [0.1, 0.15) is 10.5 Å². The van der Waals surface area contributed by atoms with Gasteiger partial charge >= 0.3 is 6.09 Å². The zero-order valence-corrected chi connectivity index (χ0v) is 14.6. The molecule has 2 N–H and O–H groups in total. The molecule has 3 rings (SSSR count). The van der Waals surface area contributed by atoms with Crippen LogP contribution in [0, 0.1) is 5.92 Å². The summed E-state index contributed by atoms with van der Waals surface area (Å²) in [5.74, 6) is 0.796. The first-order chi connectivity index (χ1) is 12.0. The van der Waals surface area contributed by atoms with E-state index in [2.05, 4.69) is 10.3 Å². The van der Waals surface area contributed by atoms with Crippen molar-refractivity contribution < 1.29 is 14.6 Å². The Morgan fingerprint density at radius 3 is 2.80 bits per heavy atom. The maximum absolute atomic E-state index is 11.9. The molecule has 1 fully saturated rings. The van der Waals surface area contributed by atoms with Gasteiger partial charge in [-0.25, -0.2) is 4.79 Å². The molecule has 0 radical (unpaired) electrons. The molecule has 0 spiro atoms. The molecule has 0 aromatic carbocycles. The number of aryl methyl sites for hydroxylation is 1. The molecule has 25 heavy (non-hydrogen) atoms. The average molecular weight is 366 g/mol. The van der Waals surface area contributed by atoms with Crippen LogP contribution < -0.4 is 15.6 Å². The molecule has 1 saturated carbocycles. The molecule has 0 bridgehead atoms. The van der Waals surface area contributed by atoms with Crippen molar-refractivity contribution in [1.82, 2.24) is 14.9 Å². The van der Waals surface area contributed by atoms with Gasteiger partial charge in [-0.2, -0.15) is 0 Å². The van der Waals surface area contributed by atoms with E-state index in [1.165, 1.54) is 16.8 Å². The normalized spacial score (nSPS) is 20.4. The molecule has 2 aromatic rings. The van der Waals surface area contributed by atoms with Gasteiger partial charge in [-0.1, -0.05) is 11.6 Å². The van der Waals surface area contributed by atoms with Gasteiger partial charge in [0.2, 0.25) is 0 Å². The van der Waals surface area contributed by atoms with E-state index < -0.39 is 6.09 Å². The maximum atomic E-state index is 11.9. The SMILES string of the molecule is Cn1c(=O)ccc2ncc(Cl)c(OC[C@H]3CC[C@H](NC(=O)O)CC3)c21. The average Bonchev–Trinajstić information content (AvgIpc) is 2.58. The Morgan fingerprint density at radius 2 is 2.12 bits per heavy atom. The number of nitrogens with one attached hydrogen (secondary N) is 1. The highest BCUT2D eigenvalue weighted by Crippen LogP contribution is 2.32. The summed E-state index contributed by atoms with van der Waals surface area (Å²) in [7, 11) is 1.66. The molecule has 2 heterocycles. The predicted molar refractivity (Wildman–Crippen MR) is 94.4 cm³/mol. The zero-order chi connectivity index (χ0) is 18.0. The van der Waals surface area contributed by atoms with Gasteiger partial charge in [0.25, 0.3) is 5.56 Å². The van der Waals surface area contributed by atoms with Crippen molar-refractivity contribution in [3.05, 3.63) is 33.7 Å². The first kappa shape index (κ1) is 17.5. The van der Waals surface area contributed by atoms with Gasteiger partial charge in [0.15, 0.2) is 5.75 Å². The molecule has 134 valence electrons. The van der Waals surface area contributed by atoms with Crippen LogP contribution in [0.25, 0.3) is 11.0 Å². The Balaban J connectivity index is 1.72. The lowest BCUT2D eigenvalue weighted by molar-refractivity contribution is 0.170. The van der Waals surface area contributed by atoms with E-state index in [1.54, 1.807) is 13.1 Å². The molecule has 1 aliphatic rings. The Labute approximate surface area is 149 Å². The lowest BCUT2D eigenvalue weighted by Gasteiger charge is -2.28. The molecular formula is C17H20ClN3O4. The molecule has 2 aromatic heterocycles. The Morgan fingerprint density at radius 1 is 1.40 bits per heavy atom. The van der Waals surface area contributed by atoms with Crippen LogP contribution in [0.4, 0.5) is 4.79 Å². The maximum Gasteiger partial charge on any atom is 0.404 e. The van der Waals surface area contributed by atoms with Crippen molar-refractivity contribution in [3.63, 3.8) is 0 Å². The smallest absolute Gasteiger partial charge is 0.404 e. The van der Waals surface area contributed by atoms with E-state index in [0.29, 0.717) is 34.3 Å². The lowest BCUT2D eigenvalue weighted by atomic mass is 9.86. The minimum Gasteiger partial charge on any atom is -0.489 e. The molecule has 0 unspecified atom stereocenters. The van der Waals surface area contributed by atoms with E-state index in [1.807, 2.05) is 0 Å². The fraction of sp³-hybridized carbons (Fsp3) is 0.471. The van der Waals surface area contributed by atoms with Crippen molar-refractivity contribution in [2.24, 2.45) is 13.0 Å². The molecule has 0 atom stereocenters. The third-order valence-electron chi connectivity index (χ3n) is 4.68. The largest absolute Gasteiger partial charge is 0.489 e. The molecule has 0 saturated heterocycles. The minimum absolute atomic E-state index is 0.0138. The number of pyridine rings is 2. The van der Waals surface area contributed by atoms with Crippen LogP contribution in [0.2, 0.25) is 5.02 Å². The third kappa shape index (κ3) is 3.87. The van der Waals surface area contributed by atoms with E-state index in [9.17, 15) is 9.59 Å². The first-order valence-electron chi connectivity index (χ1n) is 8.22. The predicted octanol–water partition coefficient (Wildman–Crippen LogP) is 2.79. The van der Waals surface area contributed by atoms with Crippen molar-refractivity contribution in [2.45, 2.75) is 31.7 Å². The number of aromatic nitrogens is 2. The summed E-state index contributed by atoms with van der Waals surface area (Å²) in [5, 5.41) is 11.7. The van der Waals surface area contributed by atoms with Crippen LogP contribution in [0.1, 0.15) is 25.7 Å². The second-order valence-corrected chi connectivity index (χ2v) is 6.79. The lowest BCUT2D eigenvalue weighted by Crippen LogP contribution is -2.37. The van der Waals surface area contributed by atoms with Gasteiger partial charge in [-0.3, -0.25) is 9.78 Å². The first-order valence-corrected chi connectivity index (χ1v) is 8.60. The molecule has 1 amide bonds. The summed E-state index contributed by atoms with van der Waals surface area (Å²) in [6.45, 7) is 0.474. The molecule has 0 aliphatic heterocycles. The number of halogens is 1. The highest BCUT2D eigenvalue weighted by Gasteiger charge is 2.23. The second kappa shape index (κ2) is 7.31. The van der Waals surface area contributed by atoms with Crippen LogP contribution >= 0.6 is 11.6 Å². The minimum atomic E-state index is -0.976. The van der Waals surface area contributed by atoms with Gasteiger partial charge < -0.3 is 19.7 Å². The quantitative estimate of drug-likeness (QED) is 0.868. The topological polar surface area (TPSA) is 93.5 Å². The van der Waals surface area contributed by atoms with Gasteiger partial charge in [0.05, 0.1) is 18.3 Å². The monoisotopic (exact) mass is 365 g/mol. The molecule has 8 heteroatoms. The fourth-order valence-electron chi connectivity index (χ4n) is 3.28. The number of fused-ring (bicyclic) bond motifs is 1. The van der Waals surface area contributed by atoms with Crippen LogP contribution in [-0.2, 0) is 7.05 Å². The number of ether oxygens (including phenoxy) is 1. The van der Waals surface area contributed by atoms with Crippen molar-refractivity contribution in [3.8, 4) is 5.75 Å². The van der Waals surface area contributed by atoms with Crippen molar-refractivity contribution in [1.29, 1.82) is 0 Å². The van der Waals surface area contributed by atoms with E-state index in [4.69, 9.17) is 21.4 Å². The van der Waals surface area contributed by atoms with Gasteiger partial charge in [-0.15, -0.1) is 0 Å². The second-order valence-electron chi connectivity index (χ2n) is 6.38. The Hall–Kier alpha value is -2.28. The van der Waals surface area contributed by atoms with Crippen LogP contribution in [0.5, 0.6) is 5.75 Å². The molecule has 1 aliphatic carbocycles. The number of amides is 1. The third-order valence-corrected chi connectivity index (χ3v) is 4.95. The molecular weight excluding hydrogens is 346 g/mol. The number of nitrogens with zero attached hydrogens (tertiary/aromatic N) is 2. The Bertz CT molecular complexity index is 844. The van der Waals surface area contributed by atoms with Crippen LogP contribution in [-0.4, -0.2) is 33.4 Å². The van der Waals surface area contributed by atoms with Crippen molar-refractivity contribution >= 4 is 28.7 Å². The molecule has 7 nitrogen and oxygen atoms in total. The number of carbonyl (C=O) groups is 1. The summed E-state index contributed by atoms with van der Waals surface area (Å²) in [5.41, 5.74) is 1.08. The summed E-state index contributed by atoms with van der Waals surface area (Å²) in [6, 6.07) is 3.13. The van der Waals surface area contributed by atoms with Crippen molar-refractivity contribution in [2.75, 3.05) is 6.61 Å². The highest BCUT2D eigenvalue weighted by molar-refractivity contribution is 6.32. The van der Waals surface area contributed by atoms with Crippen LogP contribution in [0.15, 0.2) is 23.1 Å². The van der Waals surface area contributed by atoms with E-state index in [0.717, 1.165) is 25.7 Å². The van der Waals surface area contributed by atoms with Gasteiger partial charge in [0, 0.05) is 19.2 Å². The highest BCUT2D eigenvalue weighted by atomic mass is 35.5. The summed E-state index contributed by atoms with van der Waals surface area (Å²) < 4.78 is 7.46. The van der Waals surface area contributed by atoms with E-state index in [-0.39, 0.29) is 11.6 Å². The number of hydrogen-bond donors (Lipinski definition) is 2. The summed E-state index contributed by atoms with van der Waals surface area (Å²) in [6.07, 6.45) is 3.90. The number of rotatable bonds is 4. The van der Waals surface area contributed by atoms with Crippen LogP contribution in [0.3, 0.4) is 0 Å². The zero-order valence-electron chi connectivity index (χ0n) is 13.9. The number of carboxylic acid groups (broad SMARTS) is 1. The fourth-order valence-corrected chi connectivity index (χ4v) is 3.47. The van der Waals surface area contributed by atoms with E-state index >= 15 is 0 Å². The van der Waals surface area contributed by atoms with Gasteiger partial charge in [-0.05, 0) is 37.7 Å². The summed E-state index contributed by atoms with van der Waals surface area (Å²) >= 11 is 6.25.